The normalized spacial score (nSPS) is 37.9. The first-order chi connectivity index (χ1) is 15.5. The maximum Gasteiger partial charge on any atom is 0.339 e. The van der Waals surface area contributed by atoms with Gasteiger partial charge in [-0.2, -0.15) is 0 Å². The van der Waals surface area contributed by atoms with Crippen LogP contribution in [0.25, 0.3) is 0 Å². The number of ketones is 1. The highest BCUT2D eigenvalue weighted by atomic mass is 16.5. The summed E-state index contributed by atoms with van der Waals surface area (Å²) in [6, 6.07) is 2.12. The van der Waals surface area contributed by atoms with Gasteiger partial charge in [-0.15, -0.1) is 0 Å². The molecular weight excluding hydrogens is 430 g/mol. The molecule has 1 spiro atoms. The number of carbonyl (C=O) groups excluding carboxylic acids is 2. The second-order valence-electron chi connectivity index (χ2n) is 10.2. The minimum Gasteiger partial charge on any atom is -0.506 e. The number of aliphatic hydroxyl groups excluding tert-OH is 1. The number of hydrogen-bond acceptors (Lipinski definition) is 7. The van der Waals surface area contributed by atoms with E-state index in [1.165, 1.54) is 0 Å². The Morgan fingerprint density at radius 3 is 2.70 bits per heavy atom. The average Bonchev–Trinajstić information content (AvgIpc) is 3.17. The van der Waals surface area contributed by atoms with Crippen LogP contribution >= 0.6 is 0 Å². The number of benzene rings is 1. The summed E-state index contributed by atoms with van der Waals surface area (Å²) < 4.78 is 6.31. The van der Waals surface area contributed by atoms with Gasteiger partial charge in [-0.1, -0.05) is 13.0 Å². The molecule has 2 saturated heterocycles. The number of ether oxygens (including phenoxy) is 1. The van der Waals surface area contributed by atoms with Crippen molar-refractivity contribution in [3.8, 4) is 11.5 Å². The molecule has 4 fully saturated rings. The van der Waals surface area contributed by atoms with Gasteiger partial charge in [0.15, 0.2) is 11.5 Å². The summed E-state index contributed by atoms with van der Waals surface area (Å²) in [7, 11) is 0. The Kier molecular flexibility index (Phi) is 4.68. The number of phenolic OH excluding ortho intramolecular Hbond substituents is 1. The number of hydrogen-bond donors (Lipinski definition) is 5. The lowest BCUT2D eigenvalue weighted by Gasteiger charge is -2.55. The molecule has 5 N–H and O–H groups in total. The zero-order chi connectivity index (χ0) is 23.8. The van der Waals surface area contributed by atoms with Crippen LogP contribution in [0.4, 0.5) is 5.69 Å². The van der Waals surface area contributed by atoms with Crippen molar-refractivity contribution in [2.24, 2.45) is 22.7 Å². The fraction of sp³-hybridized carbons (Fsp3) is 0.542. The number of aromatic carboxylic acids is 1. The molecule has 9 nitrogen and oxygen atoms in total. The number of nitrogens with one attached hydrogen (secondary N) is 1. The molecule has 2 saturated carbocycles. The van der Waals surface area contributed by atoms with E-state index in [1.807, 2.05) is 13.0 Å². The van der Waals surface area contributed by atoms with Crippen LogP contribution in [0.15, 0.2) is 24.3 Å². The molecule has 0 aromatic heterocycles. The van der Waals surface area contributed by atoms with Gasteiger partial charge in [0.25, 0.3) is 0 Å². The Hall–Kier alpha value is -2.91. The Morgan fingerprint density at radius 2 is 2.03 bits per heavy atom. The predicted molar refractivity (Wildman–Crippen MR) is 115 cm³/mol. The van der Waals surface area contributed by atoms with Gasteiger partial charge in [0.1, 0.15) is 17.0 Å². The minimum atomic E-state index is -1.40. The predicted octanol–water partition coefficient (Wildman–Crippen LogP) is 2.21. The van der Waals surface area contributed by atoms with E-state index in [4.69, 9.17) is 9.84 Å². The number of amides is 1. The van der Waals surface area contributed by atoms with Crippen LogP contribution in [0.5, 0.6) is 11.5 Å². The first-order valence-electron chi connectivity index (χ1n) is 11.2. The topological polar surface area (TPSA) is 153 Å². The van der Waals surface area contributed by atoms with Crippen molar-refractivity contribution >= 4 is 23.3 Å². The maximum absolute atomic E-state index is 13.1. The van der Waals surface area contributed by atoms with Gasteiger partial charge in [0.05, 0.1) is 18.3 Å². The van der Waals surface area contributed by atoms with Gasteiger partial charge in [-0.05, 0) is 55.2 Å². The van der Waals surface area contributed by atoms with Crippen LogP contribution in [0.1, 0.15) is 49.4 Å². The molecule has 1 aromatic carbocycles. The summed E-state index contributed by atoms with van der Waals surface area (Å²) >= 11 is 0. The van der Waals surface area contributed by atoms with Crippen LogP contribution < -0.4 is 5.32 Å². The molecule has 5 aliphatic rings. The first kappa shape index (κ1) is 21.9. The number of aliphatic hydroxyl groups is 1. The SMILES string of the molecule is C[C@@]1(CCC(=O)Nc2c(O)ccc(C(=O)O)c2O)C(=O)C=CC23CC4CC(OC4(CO)C2)C31. The monoisotopic (exact) mass is 457 g/mol. The smallest absolute Gasteiger partial charge is 0.339 e. The molecule has 6 rings (SSSR count). The fourth-order valence-corrected chi connectivity index (χ4v) is 7.11. The highest BCUT2D eigenvalue weighted by molar-refractivity contribution is 6.00. The zero-order valence-corrected chi connectivity index (χ0v) is 18.2. The van der Waals surface area contributed by atoms with E-state index in [1.54, 1.807) is 6.08 Å². The maximum atomic E-state index is 13.1. The van der Waals surface area contributed by atoms with Crippen molar-refractivity contribution in [2.75, 3.05) is 11.9 Å². The number of carbonyl (C=O) groups is 3. The molecule has 1 aromatic rings. The second kappa shape index (κ2) is 7.04. The average molecular weight is 457 g/mol. The van der Waals surface area contributed by atoms with Gasteiger partial charge in [0.2, 0.25) is 5.91 Å². The van der Waals surface area contributed by atoms with Crippen molar-refractivity contribution in [1.82, 2.24) is 0 Å². The van der Waals surface area contributed by atoms with Crippen LogP contribution in [0.2, 0.25) is 0 Å². The minimum absolute atomic E-state index is 0.0358. The van der Waals surface area contributed by atoms with Crippen molar-refractivity contribution in [1.29, 1.82) is 0 Å². The molecule has 3 aliphatic carbocycles. The summed E-state index contributed by atoms with van der Waals surface area (Å²) in [5, 5.41) is 41.7. The molecule has 0 radical (unpaired) electrons. The molecule has 1 amide bonds. The highest BCUT2D eigenvalue weighted by Gasteiger charge is 2.72. The van der Waals surface area contributed by atoms with E-state index >= 15 is 0 Å². The number of phenols is 2. The number of rotatable bonds is 6. The number of allylic oxidation sites excluding steroid dienone is 2. The molecule has 33 heavy (non-hydrogen) atoms. The van der Waals surface area contributed by atoms with E-state index in [9.17, 15) is 29.7 Å². The van der Waals surface area contributed by atoms with Crippen LogP contribution in [-0.2, 0) is 14.3 Å². The Morgan fingerprint density at radius 1 is 1.27 bits per heavy atom. The summed E-state index contributed by atoms with van der Waals surface area (Å²) in [6.07, 6.45) is 5.91. The van der Waals surface area contributed by atoms with Crippen molar-refractivity contribution < 1.29 is 39.5 Å². The Balaban J connectivity index is 1.36. The summed E-state index contributed by atoms with van der Waals surface area (Å²) in [5.41, 5.74) is -2.44. The summed E-state index contributed by atoms with van der Waals surface area (Å²) in [6.45, 7) is 1.82. The fourth-order valence-electron chi connectivity index (χ4n) is 7.11. The third-order valence-corrected chi connectivity index (χ3v) is 8.50. The highest BCUT2D eigenvalue weighted by Crippen LogP contribution is 2.71. The summed E-state index contributed by atoms with van der Waals surface area (Å²) in [4.78, 5) is 37.0. The molecule has 2 heterocycles. The van der Waals surface area contributed by atoms with Gasteiger partial charge < -0.3 is 30.5 Å². The van der Waals surface area contributed by atoms with Crippen molar-refractivity contribution in [3.05, 3.63) is 29.8 Å². The zero-order valence-electron chi connectivity index (χ0n) is 18.2. The quantitative estimate of drug-likeness (QED) is 0.408. The molecule has 9 heteroatoms. The summed E-state index contributed by atoms with van der Waals surface area (Å²) in [5.74, 6) is -3.05. The van der Waals surface area contributed by atoms with Gasteiger partial charge >= 0.3 is 5.97 Å². The van der Waals surface area contributed by atoms with Gasteiger partial charge in [-0.3, -0.25) is 9.59 Å². The van der Waals surface area contributed by atoms with Gasteiger partial charge in [-0.25, -0.2) is 4.79 Å². The van der Waals surface area contributed by atoms with E-state index in [-0.39, 0.29) is 54.3 Å². The van der Waals surface area contributed by atoms with Crippen molar-refractivity contribution in [3.63, 3.8) is 0 Å². The lowest BCUT2D eigenvalue weighted by Crippen LogP contribution is -2.57. The van der Waals surface area contributed by atoms with Crippen LogP contribution in [0.3, 0.4) is 0 Å². The number of carboxylic acids is 1. The largest absolute Gasteiger partial charge is 0.506 e. The van der Waals surface area contributed by atoms with Crippen LogP contribution in [-0.4, -0.2) is 56.4 Å². The molecule has 176 valence electrons. The van der Waals surface area contributed by atoms with E-state index in [0.717, 1.165) is 25.0 Å². The molecule has 4 bridgehead atoms. The molecule has 2 aliphatic heterocycles. The van der Waals surface area contributed by atoms with Crippen molar-refractivity contribution in [2.45, 2.75) is 50.7 Å². The Labute approximate surface area is 190 Å². The third kappa shape index (κ3) is 2.95. The Bertz CT molecular complexity index is 1100. The van der Waals surface area contributed by atoms with E-state index < -0.39 is 40.0 Å². The van der Waals surface area contributed by atoms with Gasteiger partial charge in [0, 0.05) is 17.8 Å². The second-order valence-corrected chi connectivity index (χ2v) is 10.2. The molecular formula is C24H27NO8. The first-order valence-corrected chi connectivity index (χ1v) is 11.2. The van der Waals surface area contributed by atoms with Crippen LogP contribution in [0, 0.1) is 22.7 Å². The number of aromatic hydroxyl groups is 2. The standard InChI is InChI=1S/C24H27NO8/c1-22(6-5-17(29)25-18-14(27)3-2-13(19(18)30)21(31)32)16(28)4-7-23-9-12-8-15(20(22)23)33-24(12,10-23)11-26/h2-4,7,12,15,20,26-27,30H,5-6,8-11H2,1H3,(H,25,29)(H,31,32)/t12?,15?,20?,22-,23?,24?/m1/s1. The third-order valence-electron chi connectivity index (χ3n) is 8.50. The molecule has 6 atom stereocenters. The lowest BCUT2D eigenvalue weighted by molar-refractivity contribution is -0.181. The van der Waals surface area contributed by atoms with E-state index in [0.29, 0.717) is 6.42 Å². The lowest BCUT2D eigenvalue weighted by atomic mass is 9.51. The van der Waals surface area contributed by atoms with E-state index in [2.05, 4.69) is 5.32 Å². The number of carboxylic acid groups (broad SMARTS) is 1. The number of anilines is 1. The molecule has 5 unspecified atom stereocenters.